The van der Waals surface area contributed by atoms with Gasteiger partial charge in [0.2, 0.25) is 0 Å². The first-order valence-corrected chi connectivity index (χ1v) is 12.1. The molecule has 1 saturated heterocycles. The highest BCUT2D eigenvalue weighted by Gasteiger charge is 2.27. The summed E-state index contributed by atoms with van der Waals surface area (Å²) in [6.07, 6.45) is 4.88. The van der Waals surface area contributed by atoms with Crippen molar-refractivity contribution in [3.05, 3.63) is 65.9 Å². The quantitative estimate of drug-likeness (QED) is 0.496. The van der Waals surface area contributed by atoms with E-state index in [4.69, 9.17) is 5.73 Å². The van der Waals surface area contributed by atoms with E-state index in [1.165, 1.54) is 69.2 Å². The molecule has 4 heteroatoms. The Morgan fingerprint density at radius 3 is 2.61 bits per heavy atom. The van der Waals surface area contributed by atoms with Gasteiger partial charge < -0.3 is 15.2 Å². The molecular formula is C29H32N4. The van der Waals surface area contributed by atoms with Crippen LogP contribution in [0.3, 0.4) is 0 Å². The number of hydrogen-bond acceptors (Lipinski definition) is 3. The molecule has 1 aliphatic carbocycles. The molecule has 0 atom stereocenters. The molecule has 33 heavy (non-hydrogen) atoms. The van der Waals surface area contributed by atoms with E-state index in [0.29, 0.717) is 5.70 Å². The molecule has 0 bridgehead atoms. The van der Waals surface area contributed by atoms with Crippen molar-refractivity contribution in [1.29, 1.82) is 0 Å². The Hall–Kier alpha value is -3.27. The minimum absolute atomic E-state index is 0.626. The van der Waals surface area contributed by atoms with E-state index in [1.54, 1.807) is 0 Å². The summed E-state index contributed by atoms with van der Waals surface area (Å²) < 4.78 is 2.51. The summed E-state index contributed by atoms with van der Waals surface area (Å²) in [5.74, 6) is 0.752. The van der Waals surface area contributed by atoms with Gasteiger partial charge in [0.15, 0.2) is 0 Å². The molecule has 1 aromatic heterocycles. The monoisotopic (exact) mass is 436 g/mol. The minimum Gasteiger partial charge on any atom is -0.399 e. The number of rotatable bonds is 5. The Morgan fingerprint density at radius 1 is 1.15 bits per heavy atom. The second kappa shape index (κ2) is 7.38. The zero-order valence-electron chi connectivity index (χ0n) is 19.7. The van der Waals surface area contributed by atoms with Crippen LogP contribution in [-0.2, 0) is 6.54 Å². The summed E-state index contributed by atoms with van der Waals surface area (Å²) in [7, 11) is 0. The third kappa shape index (κ3) is 3.23. The van der Waals surface area contributed by atoms with Gasteiger partial charge in [0.25, 0.3) is 0 Å². The van der Waals surface area contributed by atoms with E-state index >= 15 is 0 Å². The molecule has 3 aliphatic rings. The standard InChI is InChI=1S/C29H32N4/c1-17-15-31-20(4)28(17)22-12-25(19(3)30)29-26(13-22)24-10-9-23(32-11-5-6-18(32)2)14-27(24)33(29)16-21-7-8-21/h9-10,12-14,21H,2-3,5-8,11,15-16,30H2,1,4H3. The number of nitrogens with two attached hydrogens (primary N) is 1. The number of fused-ring (bicyclic) bond motifs is 3. The SMILES string of the molecule is C=C(N)c1cc(C2=C(C)CN=C2C)cc2c3ccc(N4CCCC4=C)cc3n(CC3CC3)c12. The summed E-state index contributed by atoms with van der Waals surface area (Å²) in [4.78, 5) is 7.05. The molecule has 2 fully saturated rings. The largest absolute Gasteiger partial charge is 0.399 e. The highest BCUT2D eigenvalue weighted by atomic mass is 15.2. The highest BCUT2D eigenvalue weighted by molar-refractivity contribution is 6.26. The van der Waals surface area contributed by atoms with Gasteiger partial charge in [-0.1, -0.05) is 19.2 Å². The van der Waals surface area contributed by atoms with Crippen LogP contribution in [-0.4, -0.2) is 23.4 Å². The van der Waals surface area contributed by atoms with Crippen molar-refractivity contribution in [3.63, 3.8) is 0 Å². The average molecular weight is 437 g/mol. The van der Waals surface area contributed by atoms with E-state index in [-0.39, 0.29) is 0 Å². The van der Waals surface area contributed by atoms with Crippen molar-refractivity contribution >= 4 is 44.5 Å². The number of nitrogens with zero attached hydrogens (tertiary/aromatic N) is 3. The maximum atomic E-state index is 6.43. The van der Waals surface area contributed by atoms with Gasteiger partial charge in [-0.25, -0.2) is 0 Å². The average Bonchev–Trinajstić information content (AvgIpc) is 3.30. The van der Waals surface area contributed by atoms with Crippen molar-refractivity contribution < 1.29 is 0 Å². The lowest BCUT2D eigenvalue weighted by Crippen LogP contribution is -2.15. The van der Waals surface area contributed by atoms with Crippen LogP contribution in [0.25, 0.3) is 33.1 Å². The van der Waals surface area contributed by atoms with Crippen molar-refractivity contribution in [2.24, 2.45) is 16.6 Å². The van der Waals surface area contributed by atoms with Crippen LogP contribution in [0.15, 0.2) is 59.8 Å². The topological polar surface area (TPSA) is 46.5 Å². The molecule has 2 N–H and O–H groups in total. The first-order valence-electron chi connectivity index (χ1n) is 12.1. The number of aromatic nitrogens is 1. The predicted molar refractivity (Wildman–Crippen MR) is 142 cm³/mol. The van der Waals surface area contributed by atoms with Gasteiger partial charge in [-0.05, 0) is 80.9 Å². The molecule has 2 aliphatic heterocycles. The first kappa shape index (κ1) is 20.3. The lowest BCUT2D eigenvalue weighted by Gasteiger charge is -2.20. The van der Waals surface area contributed by atoms with E-state index in [9.17, 15) is 0 Å². The predicted octanol–water partition coefficient (Wildman–Crippen LogP) is 6.50. The van der Waals surface area contributed by atoms with Gasteiger partial charge in [0.1, 0.15) is 0 Å². The zero-order chi connectivity index (χ0) is 22.9. The molecule has 6 rings (SSSR count). The summed E-state index contributed by atoms with van der Waals surface area (Å²) in [6.45, 7) is 15.6. The number of anilines is 1. The van der Waals surface area contributed by atoms with Gasteiger partial charge in [-0.3, -0.25) is 4.99 Å². The number of benzene rings is 2. The molecule has 0 spiro atoms. The minimum atomic E-state index is 0.626. The van der Waals surface area contributed by atoms with Crippen LogP contribution in [0.1, 0.15) is 50.7 Å². The van der Waals surface area contributed by atoms with Crippen LogP contribution in [0.2, 0.25) is 0 Å². The zero-order valence-corrected chi connectivity index (χ0v) is 19.7. The molecule has 0 radical (unpaired) electrons. The maximum Gasteiger partial charge on any atom is 0.0610 e. The Balaban J connectivity index is 1.65. The molecule has 1 saturated carbocycles. The lowest BCUT2D eigenvalue weighted by molar-refractivity contribution is 0.663. The second-order valence-corrected chi connectivity index (χ2v) is 10.1. The fourth-order valence-electron chi connectivity index (χ4n) is 5.73. The normalized spacial score (nSPS) is 18.8. The van der Waals surface area contributed by atoms with E-state index < -0.39 is 0 Å². The van der Waals surface area contributed by atoms with E-state index in [2.05, 4.69) is 71.8 Å². The van der Waals surface area contributed by atoms with Crippen LogP contribution in [0.5, 0.6) is 0 Å². The molecular weight excluding hydrogens is 404 g/mol. The fraction of sp³-hybridized carbons (Fsp3) is 0.345. The number of allylic oxidation sites excluding steroid dienone is 2. The van der Waals surface area contributed by atoms with Crippen molar-refractivity contribution in [2.75, 3.05) is 18.0 Å². The molecule has 3 heterocycles. The number of hydrogen-bond donors (Lipinski definition) is 1. The summed E-state index contributed by atoms with van der Waals surface area (Å²) in [5.41, 5.74) is 18.0. The van der Waals surface area contributed by atoms with Crippen molar-refractivity contribution in [2.45, 2.75) is 46.1 Å². The van der Waals surface area contributed by atoms with Crippen LogP contribution in [0.4, 0.5) is 5.69 Å². The Bertz CT molecular complexity index is 1410. The highest BCUT2D eigenvalue weighted by Crippen LogP contribution is 2.41. The Morgan fingerprint density at radius 2 is 1.97 bits per heavy atom. The molecule has 0 unspecified atom stereocenters. The van der Waals surface area contributed by atoms with E-state index in [1.807, 2.05) is 0 Å². The summed E-state index contributed by atoms with van der Waals surface area (Å²) in [6, 6.07) is 11.5. The van der Waals surface area contributed by atoms with Crippen molar-refractivity contribution in [1.82, 2.24) is 4.57 Å². The van der Waals surface area contributed by atoms with Gasteiger partial charge in [0, 0.05) is 57.8 Å². The third-order valence-corrected chi connectivity index (χ3v) is 7.60. The van der Waals surface area contributed by atoms with Gasteiger partial charge in [-0.15, -0.1) is 0 Å². The smallest absolute Gasteiger partial charge is 0.0610 e. The Labute approximate surface area is 195 Å². The summed E-state index contributed by atoms with van der Waals surface area (Å²) in [5, 5.41) is 2.55. The van der Waals surface area contributed by atoms with Crippen molar-refractivity contribution in [3.8, 4) is 0 Å². The van der Waals surface area contributed by atoms with E-state index in [0.717, 1.165) is 43.2 Å². The van der Waals surface area contributed by atoms with Crippen LogP contribution < -0.4 is 10.6 Å². The first-order chi connectivity index (χ1) is 15.9. The molecule has 168 valence electrons. The third-order valence-electron chi connectivity index (χ3n) is 7.60. The van der Waals surface area contributed by atoms with Crippen LogP contribution >= 0.6 is 0 Å². The van der Waals surface area contributed by atoms with Gasteiger partial charge in [0.05, 0.1) is 17.6 Å². The summed E-state index contributed by atoms with van der Waals surface area (Å²) >= 11 is 0. The maximum absolute atomic E-state index is 6.43. The lowest BCUT2D eigenvalue weighted by atomic mass is 9.94. The second-order valence-electron chi connectivity index (χ2n) is 10.1. The Kier molecular flexibility index (Phi) is 4.55. The molecule has 0 amide bonds. The molecule has 4 nitrogen and oxygen atoms in total. The fourth-order valence-corrected chi connectivity index (χ4v) is 5.73. The molecule has 2 aromatic carbocycles. The van der Waals surface area contributed by atoms with Crippen LogP contribution in [0, 0.1) is 5.92 Å². The van der Waals surface area contributed by atoms with Gasteiger partial charge >= 0.3 is 0 Å². The number of aliphatic imine (C=N–C) groups is 1. The molecule has 3 aromatic rings. The van der Waals surface area contributed by atoms with Gasteiger partial charge in [-0.2, -0.15) is 0 Å².